The molecule has 0 amide bonds. The Balaban J connectivity index is 2.30. The van der Waals surface area contributed by atoms with E-state index in [9.17, 15) is 0 Å². The normalized spacial score (nSPS) is 30.7. The molecule has 0 radical (unpaired) electrons. The standard InChI is InChI=1S/C6H13NO2/c1-6-5-9-4-3-7(6)8-2/h6H,3-5H2,1-2H3. The van der Waals surface area contributed by atoms with Gasteiger partial charge < -0.3 is 9.57 Å². The van der Waals surface area contributed by atoms with Crippen molar-refractivity contribution < 1.29 is 9.57 Å². The van der Waals surface area contributed by atoms with Crippen molar-refractivity contribution >= 4 is 0 Å². The maximum absolute atomic E-state index is 5.19. The highest BCUT2D eigenvalue weighted by molar-refractivity contribution is 4.62. The summed E-state index contributed by atoms with van der Waals surface area (Å²) in [6.45, 7) is 4.55. The van der Waals surface area contributed by atoms with Crippen molar-refractivity contribution in [3.05, 3.63) is 0 Å². The first-order chi connectivity index (χ1) is 4.34. The molecule has 54 valence electrons. The molecule has 1 heterocycles. The molecule has 0 spiro atoms. The van der Waals surface area contributed by atoms with Crippen LogP contribution in [-0.4, -0.2) is 38.0 Å². The van der Waals surface area contributed by atoms with Gasteiger partial charge in [-0.1, -0.05) is 0 Å². The molecule has 1 saturated heterocycles. The molecule has 9 heavy (non-hydrogen) atoms. The molecule has 1 aliphatic rings. The topological polar surface area (TPSA) is 21.7 Å². The lowest BCUT2D eigenvalue weighted by molar-refractivity contribution is -0.201. The average molecular weight is 131 g/mol. The molecule has 1 rings (SSSR count). The van der Waals surface area contributed by atoms with Crippen molar-refractivity contribution in [2.45, 2.75) is 13.0 Å². The minimum atomic E-state index is 0.406. The fourth-order valence-corrected chi connectivity index (χ4v) is 0.983. The predicted molar refractivity (Wildman–Crippen MR) is 34.0 cm³/mol. The summed E-state index contributed by atoms with van der Waals surface area (Å²) in [5, 5.41) is 1.93. The molecule has 0 aromatic heterocycles. The summed E-state index contributed by atoms with van der Waals surface area (Å²) in [6.07, 6.45) is 0. The molecule has 1 aliphatic heterocycles. The first-order valence-electron chi connectivity index (χ1n) is 3.23. The van der Waals surface area contributed by atoms with Gasteiger partial charge in [0.1, 0.15) is 0 Å². The molecule has 0 N–H and O–H groups in total. The summed E-state index contributed by atoms with van der Waals surface area (Å²) >= 11 is 0. The van der Waals surface area contributed by atoms with E-state index in [1.807, 2.05) is 5.06 Å². The lowest BCUT2D eigenvalue weighted by Crippen LogP contribution is -2.42. The van der Waals surface area contributed by atoms with E-state index in [0.717, 1.165) is 19.8 Å². The minimum Gasteiger partial charge on any atom is -0.378 e. The Hall–Kier alpha value is -0.120. The van der Waals surface area contributed by atoms with Crippen molar-refractivity contribution in [1.82, 2.24) is 5.06 Å². The van der Waals surface area contributed by atoms with E-state index < -0.39 is 0 Å². The number of morpholine rings is 1. The highest BCUT2D eigenvalue weighted by atomic mass is 16.7. The molecular weight excluding hydrogens is 118 g/mol. The zero-order chi connectivity index (χ0) is 6.69. The highest BCUT2D eigenvalue weighted by Crippen LogP contribution is 2.04. The summed E-state index contributed by atoms with van der Waals surface area (Å²) in [4.78, 5) is 5.06. The molecule has 0 aliphatic carbocycles. The van der Waals surface area contributed by atoms with E-state index in [4.69, 9.17) is 9.57 Å². The third kappa shape index (κ3) is 1.64. The number of ether oxygens (including phenoxy) is 1. The van der Waals surface area contributed by atoms with Crippen LogP contribution in [-0.2, 0) is 9.57 Å². The molecule has 3 nitrogen and oxygen atoms in total. The number of hydrogen-bond donors (Lipinski definition) is 0. The number of nitrogens with zero attached hydrogens (tertiary/aromatic N) is 1. The molecule has 0 aromatic carbocycles. The summed E-state index contributed by atoms with van der Waals surface area (Å²) in [5.74, 6) is 0. The van der Waals surface area contributed by atoms with Gasteiger partial charge >= 0.3 is 0 Å². The van der Waals surface area contributed by atoms with Gasteiger partial charge in [-0.15, -0.1) is 0 Å². The van der Waals surface area contributed by atoms with Crippen molar-refractivity contribution in [2.24, 2.45) is 0 Å². The zero-order valence-electron chi connectivity index (χ0n) is 5.96. The van der Waals surface area contributed by atoms with E-state index in [2.05, 4.69) is 6.92 Å². The number of rotatable bonds is 1. The molecule has 1 fully saturated rings. The van der Waals surface area contributed by atoms with Crippen LogP contribution in [0.3, 0.4) is 0 Å². The summed E-state index contributed by atoms with van der Waals surface area (Å²) < 4.78 is 5.19. The smallest absolute Gasteiger partial charge is 0.0643 e. The molecular formula is C6H13NO2. The van der Waals surface area contributed by atoms with Gasteiger partial charge in [0.15, 0.2) is 0 Å². The van der Waals surface area contributed by atoms with Gasteiger partial charge in [-0.2, -0.15) is 5.06 Å². The SMILES string of the molecule is CON1CCOCC1C. The van der Waals surface area contributed by atoms with Gasteiger partial charge in [0.25, 0.3) is 0 Å². The van der Waals surface area contributed by atoms with Crippen LogP contribution in [0.2, 0.25) is 0 Å². The quantitative estimate of drug-likeness (QED) is 0.510. The first-order valence-corrected chi connectivity index (χ1v) is 3.23. The van der Waals surface area contributed by atoms with Crippen molar-refractivity contribution in [1.29, 1.82) is 0 Å². The Kier molecular flexibility index (Phi) is 2.45. The minimum absolute atomic E-state index is 0.406. The van der Waals surface area contributed by atoms with Crippen LogP contribution < -0.4 is 0 Å². The second kappa shape index (κ2) is 3.15. The molecule has 3 heteroatoms. The Morgan fingerprint density at radius 2 is 2.44 bits per heavy atom. The summed E-state index contributed by atoms with van der Waals surface area (Å²) in [7, 11) is 1.70. The Labute approximate surface area is 55.5 Å². The molecule has 1 unspecified atom stereocenters. The van der Waals surface area contributed by atoms with Crippen molar-refractivity contribution in [3.8, 4) is 0 Å². The van der Waals surface area contributed by atoms with Gasteiger partial charge in [-0.05, 0) is 6.92 Å². The fraction of sp³-hybridized carbons (Fsp3) is 1.00. The van der Waals surface area contributed by atoms with Crippen molar-refractivity contribution in [3.63, 3.8) is 0 Å². The van der Waals surface area contributed by atoms with Gasteiger partial charge in [-0.25, -0.2) is 0 Å². The molecule has 0 saturated carbocycles. The summed E-state index contributed by atoms with van der Waals surface area (Å²) in [6, 6.07) is 0.406. The Morgan fingerprint density at radius 1 is 1.67 bits per heavy atom. The lowest BCUT2D eigenvalue weighted by Gasteiger charge is -2.30. The van der Waals surface area contributed by atoms with Gasteiger partial charge in [0, 0.05) is 6.54 Å². The number of hydrogen-bond acceptors (Lipinski definition) is 3. The zero-order valence-corrected chi connectivity index (χ0v) is 5.96. The maximum atomic E-state index is 5.19. The monoisotopic (exact) mass is 131 g/mol. The molecule has 0 aromatic rings. The molecule has 0 bridgehead atoms. The Morgan fingerprint density at radius 3 is 2.89 bits per heavy atom. The average Bonchev–Trinajstić information content (AvgIpc) is 1.89. The largest absolute Gasteiger partial charge is 0.378 e. The van der Waals surface area contributed by atoms with Gasteiger partial charge in [0.2, 0.25) is 0 Å². The van der Waals surface area contributed by atoms with Crippen LogP contribution >= 0.6 is 0 Å². The maximum Gasteiger partial charge on any atom is 0.0643 e. The predicted octanol–water partition coefficient (Wildman–Crippen LogP) is 0.268. The van der Waals surface area contributed by atoms with E-state index in [1.165, 1.54) is 0 Å². The van der Waals surface area contributed by atoms with Crippen LogP contribution in [0.5, 0.6) is 0 Å². The third-order valence-electron chi connectivity index (χ3n) is 1.54. The van der Waals surface area contributed by atoms with Gasteiger partial charge in [-0.3, -0.25) is 0 Å². The third-order valence-corrected chi connectivity index (χ3v) is 1.54. The fourth-order valence-electron chi connectivity index (χ4n) is 0.983. The summed E-state index contributed by atoms with van der Waals surface area (Å²) in [5.41, 5.74) is 0. The second-order valence-electron chi connectivity index (χ2n) is 2.25. The van der Waals surface area contributed by atoms with E-state index in [1.54, 1.807) is 7.11 Å². The van der Waals surface area contributed by atoms with Crippen LogP contribution in [0.4, 0.5) is 0 Å². The van der Waals surface area contributed by atoms with Crippen LogP contribution in [0.25, 0.3) is 0 Å². The molecule has 1 atom stereocenters. The van der Waals surface area contributed by atoms with Crippen molar-refractivity contribution in [2.75, 3.05) is 26.9 Å². The van der Waals surface area contributed by atoms with Gasteiger partial charge in [0.05, 0.1) is 26.4 Å². The van der Waals surface area contributed by atoms with Crippen LogP contribution in [0.15, 0.2) is 0 Å². The van der Waals surface area contributed by atoms with E-state index in [-0.39, 0.29) is 0 Å². The Bertz CT molecular complexity index is 87.1. The van der Waals surface area contributed by atoms with Crippen LogP contribution in [0, 0.1) is 0 Å². The van der Waals surface area contributed by atoms with E-state index >= 15 is 0 Å². The van der Waals surface area contributed by atoms with Crippen LogP contribution in [0.1, 0.15) is 6.92 Å². The van der Waals surface area contributed by atoms with E-state index in [0.29, 0.717) is 6.04 Å². The highest BCUT2D eigenvalue weighted by Gasteiger charge is 2.17. The first kappa shape index (κ1) is 6.99. The number of hydroxylamine groups is 2. The second-order valence-corrected chi connectivity index (χ2v) is 2.25. The lowest BCUT2D eigenvalue weighted by atomic mass is 10.3.